The molecule has 3 rings (SSSR count). The molecular weight excluding hydrogens is 407 g/mol. The van der Waals surface area contributed by atoms with Crippen molar-refractivity contribution in [2.45, 2.75) is 26.9 Å². The first-order valence-corrected chi connectivity index (χ1v) is 8.96. The molecule has 2 aromatic heterocycles. The Bertz CT molecular complexity index is 1040. The van der Waals surface area contributed by atoms with Crippen LogP contribution in [0.15, 0.2) is 30.3 Å². The molecule has 0 fully saturated rings. The fraction of sp³-hybridized carbons (Fsp3) is 0.235. The summed E-state index contributed by atoms with van der Waals surface area (Å²) in [5, 5.41) is 22.3. The molecule has 2 heterocycles. The van der Waals surface area contributed by atoms with Crippen molar-refractivity contribution in [2.75, 3.05) is 5.32 Å². The smallest absolute Gasteiger partial charge is 0.358 e. The highest BCUT2D eigenvalue weighted by atomic mass is 35.5. The molecule has 0 bridgehead atoms. The number of carbonyl (C=O) groups excluding carboxylic acids is 1. The number of nitro groups is 1. The Labute approximate surface area is 170 Å². The van der Waals surface area contributed by atoms with Crippen LogP contribution in [0.1, 0.15) is 17.0 Å². The number of halogens is 2. The zero-order valence-electron chi connectivity index (χ0n) is 15.0. The highest BCUT2D eigenvalue weighted by Gasteiger charge is 2.25. The lowest BCUT2D eigenvalue weighted by Gasteiger charge is -2.05. The lowest BCUT2D eigenvalue weighted by atomic mass is 10.2. The van der Waals surface area contributed by atoms with Gasteiger partial charge in [0, 0.05) is 16.8 Å². The van der Waals surface area contributed by atoms with Crippen molar-refractivity contribution in [1.29, 1.82) is 0 Å². The van der Waals surface area contributed by atoms with E-state index in [4.69, 9.17) is 23.2 Å². The minimum Gasteiger partial charge on any atom is -0.358 e. The topological polar surface area (TPSA) is 108 Å². The van der Waals surface area contributed by atoms with Crippen molar-refractivity contribution in [3.8, 4) is 0 Å². The summed E-state index contributed by atoms with van der Waals surface area (Å²) in [4.78, 5) is 22.5. The van der Waals surface area contributed by atoms with Crippen LogP contribution in [0.3, 0.4) is 0 Å². The third-order valence-electron chi connectivity index (χ3n) is 4.08. The molecular formula is C17H16Cl2N6O3. The minimum absolute atomic E-state index is 0.0825. The molecule has 1 N–H and O–H groups in total. The lowest BCUT2D eigenvalue weighted by Crippen LogP contribution is -2.20. The van der Waals surface area contributed by atoms with E-state index in [1.54, 1.807) is 29.8 Å². The van der Waals surface area contributed by atoms with Gasteiger partial charge in [0.1, 0.15) is 6.54 Å². The number of nitrogens with zero attached hydrogens (tertiary/aromatic N) is 5. The summed E-state index contributed by atoms with van der Waals surface area (Å²) in [7, 11) is 0. The number of rotatable bonds is 6. The summed E-state index contributed by atoms with van der Waals surface area (Å²) < 4.78 is 2.94. The van der Waals surface area contributed by atoms with E-state index in [1.165, 1.54) is 4.68 Å². The van der Waals surface area contributed by atoms with E-state index in [-0.39, 0.29) is 11.6 Å². The fourth-order valence-electron chi connectivity index (χ4n) is 2.59. The normalized spacial score (nSPS) is 10.9. The second kappa shape index (κ2) is 7.99. The Morgan fingerprint density at radius 3 is 2.46 bits per heavy atom. The molecule has 0 aliphatic rings. The molecule has 3 aromatic rings. The Morgan fingerprint density at radius 1 is 1.18 bits per heavy atom. The van der Waals surface area contributed by atoms with Gasteiger partial charge in [0.25, 0.3) is 0 Å². The number of hydrogen-bond donors (Lipinski definition) is 1. The summed E-state index contributed by atoms with van der Waals surface area (Å²) in [6.07, 6.45) is 0. The molecule has 1 aromatic carbocycles. The first kappa shape index (κ1) is 19.8. The van der Waals surface area contributed by atoms with E-state index in [2.05, 4.69) is 15.5 Å². The lowest BCUT2D eigenvalue weighted by molar-refractivity contribution is -0.389. The van der Waals surface area contributed by atoms with Crippen molar-refractivity contribution in [1.82, 2.24) is 19.6 Å². The molecule has 9 nitrogen and oxygen atoms in total. The van der Waals surface area contributed by atoms with Gasteiger partial charge in [0.05, 0.1) is 17.3 Å². The summed E-state index contributed by atoms with van der Waals surface area (Å²) in [5.41, 5.74) is 2.22. The van der Waals surface area contributed by atoms with Crippen molar-refractivity contribution in [3.05, 3.63) is 67.4 Å². The molecule has 0 aliphatic heterocycles. The molecule has 11 heteroatoms. The van der Waals surface area contributed by atoms with Gasteiger partial charge in [0.15, 0.2) is 10.8 Å². The highest BCUT2D eigenvalue weighted by Crippen LogP contribution is 2.26. The predicted octanol–water partition coefficient (Wildman–Crippen LogP) is 3.60. The summed E-state index contributed by atoms with van der Waals surface area (Å²) in [6.45, 7) is 3.74. The van der Waals surface area contributed by atoms with E-state index in [0.717, 1.165) is 11.3 Å². The largest absolute Gasteiger partial charge is 0.408 e. The highest BCUT2D eigenvalue weighted by molar-refractivity contribution is 6.33. The van der Waals surface area contributed by atoms with Crippen LogP contribution in [0.5, 0.6) is 0 Å². The van der Waals surface area contributed by atoms with Crippen molar-refractivity contribution in [3.63, 3.8) is 0 Å². The van der Waals surface area contributed by atoms with E-state index >= 15 is 0 Å². The average molecular weight is 423 g/mol. The van der Waals surface area contributed by atoms with Gasteiger partial charge >= 0.3 is 5.82 Å². The maximum Gasteiger partial charge on any atom is 0.408 e. The maximum absolute atomic E-state index is 12.3. The summed E-state index contributed by atoms with van der Waals surface area (Å²) >= 11 is 11.8. The Kier molecular flexibility index (Phi) is 5.66. The molecule has 0 saturated carbocycles. The molecule has 28 heavy (non-hydrogen) atoms. The average Bonchev–Trinajstić information content (AvgIpc) is 3.11. The molecule has 0 unspecified atom stereocenters. The van der Waals surface area contributed by atoms with Gasteiger partial charge in [-0.15, -0.1) is 0 Å². The third kappa shape index (κ3) is 4.32. The van der Waals surface area contributed by atoms with Crippen LogP contribution < -0.4 is 5.32 Å². The fourth-order valence-corrected chi connectivity index (χ4v) is 2.92. The van der Waals surface area contributed by atoms with E-state index < -0.39 is 16.6 Å². The van der Waals surface area contributed by atoms with Crippen molar-refractivity contribution in [2.24, 2.45) is 0 Å². The van der Waals surface area contributed by atoms with E-state index in [1.807, 2.05) is 19.1 Å². The van der Waals surface area contributed by atoms with Gasteiger partial charge < -0.3 is 15.4 Å². The standard InChI is InChI=1S/C17H16Cl2N6O3/c1-10-7-14(21-23(10)8-12-3-5-13(18)6-4-12)20-15(26)9-24-11(2)16(19)17(22-24)25(27)28/h3-7H,8-9H2,1-2H3,(H,20,21,26). The van der Waals surface area contributed by atoms with Crippen molar-refractivity contribution < 1.29 is 9.72 Å². The number of carbonyl (C=O) groups is 1. The second-order valence-corrected chi connectivity index (χ2v) is 6.96. The Balaban J connectivity index is 1.69. The quantitative estimate of drug-likeness (QED) is 0.482. The van der Waals surface area contributed by atoms with Gasteiger partial charge in [-0.1, -0.05) is 35.3 Å². The van der Waals surface area contributed by atoms with Crippen LogP contribution >= 0.6 is 23.2 Å². The number of anilines is 1. The zero-order valence-corrected chi connectivity index (χ0v) is 16.5. The summed E-state index contributed by atoms with van der Waals surface area (Å²) in [6, 6.07) is 9.14. The summed E-state index contributed by atoms with van der Waals surface area (Å²) in [5.74, 6) is -0.523. The number of hydrogen-bond acceptors (Lipinski definition) is 5. The number of benzene rings is 1. The van der Waals surface area contributed by atoms with Crippen LogP contribution in [0.25, 0.3) is 0 Å². The predicted molar refractivity (Wildman–Crippen MR) is 105 cm³/mol. The molecule has 0 aliphatic carbocycles. The van der Waals surface area contributed by atoms with Gasteiger partial charge in [0.2, 0.25) is 5.91 Å². The number of amides is 1. The van der Waals surface area contributed by atoms with Gasteiger partial charge in [-0.25, -0.2) is 0 Å². The van der Waals surface area contributed by atoms with E-state index in [9.17, 15) is 14.9 Å². The molecule has 1 amide bonds. The van der Waals surface area contributed by atoms with Crippen LogP contribution in [0.2, 0.25) is 10.0 Å². The Morgan fingerprint density at radius 2 is 1.86 bits per heavy atom. The van der Waals surface area contributed by atoms with Gasteiger partial charge in [-0.2, -0.15) is 9.78 Å². The first-order chi connectivity index (χ1) is 13.2. The third-order valence-corrected chi connectivity index (χ3v) is 4.77. The number of aryl methyl sites for hydroxylation is 1. The molecule has 146 valence electrons. The van der Waals surface area contributed by atoms with Gasteiger partial charge in [-0.05, 0) is 36.5 Å². The monoisotopic (exact) mass is 422 g/mol. The SMILES string of the molecule is Cc1cc(NC(=O)Cn2nc([N+](=O)[O-])c(Cl)c2C)nn1Cc1ccc(Cl)cc1. The molecule has 0 atom stereocenters. The molecule has 0 spiro atoms. The van der Waals surface area contributed by atoms with Crippen LogP contribution in [0.4, 0.5) is 11.6 Å². The molecule has 0 saturated heterocycles. The van der Waals surface area contributed by atoms with Crippen LogP contribution in [0, 0.1) is 24.0 Å². The second-order valence-electron chi connectivity index (χ2n) is 6.14. The van der Waals surface area contributed by atoms with Crippen LogP contribution in [-0.2, 0) is 17.9 Å². The van der Waals surface area contributed by atoms with Gasteiger partial charge in [-0.3, -0.25) is 9.48 Å². The van der Waals surface area contributed by atoms with E-state index in [0.29, 0.717) is 23.1 Å². The zero-order chi connectivity index (χ0) is 20.4. The number of nitrogens with one attached hydrogen (secondary N) is 1. The maximum atomic E-state index is 12.3. The Hall–Kier alpha value is -2.91. The van der Waals surface area contributed by atoms with Crippen molar-refractivity contribution >= 4 is 40.7 Å². The molecule has 0 radical (unpaired) electrons. The first-order valence-electron chi connectivity index (χ1n) is 8.20. The minimum atomic E-state index is -0.689. The van der Waals surface area contributed by atoms with Crippen LogP contribution in [-0.4, -0.2) is 30.4 Å². The number of aromatic nitrogens is 4.